The Labute approximate surface area is 111 Å². The molecule has 0 spiro atoms. The van der Waals surface area contributed by atoms with Gasteiger partial charge in [-0.05, 0) is 20.8 Å². The molecule has 0 amide bonds. The van der Waals surface area contributed by atoms with Gasteiger partial charge in [0.2, 0.25) is 10.0 Å². The Morgan fingerprint density at radius 2 is 2.00 bits per heavy atom. The molecule has 0 radical (unpaired) electrons. The number of nitrogens with one attached hydrogen (secondary N) is 1. The number of carbonyl (C=O) groups is 1. The molecule has 7 nitrogen and oxygen atoms in total. The molecule has 1 aromatic rings. The third-order valence-electron chi connectivity index (χ3n) is 2.49. The third kappa shape index (κ3) is 3.14. The van der Waals surface area contributed by atoms with Crippen LogP contribution in [0, 0.1) is 13.8 Å². The lowest BCUT2D eigenvalue weighted by Gasteiger charge is -2.11. The van der Waals surface area contributed by atoms with Crippen molar-refractivity contribution in [2.24, 2.45) is 0 Å². The van der Waals surface area contributed by atoms with Crippen LogP contribution in [0.15, 0.2) is 9.31 Å². The molecule has 19 heavy (non-hydrogen) atoms. The van der Waals surface area contributed by atoms with Gasteiger partial charge in [-0.25, -0.2) is 17.9 Å². The molecule has 1 atom stereocenters. The molecule has 2 N–H and O–H groups in total. The van der Waals surface area contributed by atoms with Gasteiger partial charge in [0, 0.05) is 6.04 Å². The zero-order chi connectivity index (χ0) is 14.8. The van der Waals surface area contributed by atoms with Crippen LogP contribution in [0.5, 0.6) is 0 Å². The van der Waals surface area contributed by atoms with Crippen molar-refractivity contribution in [2.45, 2.75) is 31.7 Å². The van der Waals surface area contributed by atoms with Crippen molar-refractivity contribution in [3.05, 3.63) is 17.1 Å². The summed E-state index contributed by atoms with van der Waals surface area (Å²) >= 11 is 0. The third-order valence-corrected chi connectivity index (χ3v) is 4.24. The van der Waals surface area contributed by atoms with E-state index >= 15 is 0 Å². The van der Waals surface area contributed by atoms with Gasteiger partial charge in [-0.2, -0.15) is 0 Å². The number of rotatable bonds is 5. The molecule has 0 aliphatic carbocycles. The first kappa shape index (κ1) is 15.7. The number of carbonyl (C=O) groups excluding carboxylic acids is 1. The van der Waals surface area contributed by atoms with Gasteiger partial charge < -0.3 is 14.3 Å². The predicted octanol–water partition coefficient (Wildman–Crippen LogP) is 0.342. The fraction of sp³-hybridized carbons (Fsp3) is 0.545. The van der Waals surface area contributed by atoms with Crippen molar-refractivity contribution in [1.29, 1.82) is 0 Å². The SMILES string of the molecule is COC(=O)c1c(C)oc(C)c1S(=O)(=O)NC(C)CO. The molecule has 0 fully saturated rings. The van der Waals surface area contributed by atoms with Gasteiger partial charge in [-0.1, -0.05) is 0 Å². The maximum Gasteiger partial charge on any atom is 0.342 e. The van der Waals surface area contributed by atoms with Crippen molar-refractivity contribution >= 4 is 16.0 Å². The van der Waals surface area contributed by atoms with E-state index in [1.54, 1.807) is 0 Å². The molecule has 1 heterocycles. The van der Waals surface area contributed by atoms with Crippen LogP contribution in [-0.4, -0.2) is 39.3 Å². The number of methoxy groups -OCH3 is 1. The first-order chi connectivity index (χ1) is 8.74. The molecule has 0 saturated carbocycles. The Kier molecular flexibility index (Phi) is 4.72. The Morgan fingerprint density at radius 1 is 1.42 bits per heavy atom. The Morgan fingerprint density at radius 3 is 2.47 bits per heavy atom. The van der Waals surface area contributed by atoms with E-state index in [2.05, 4.69) is 9.46 Å². The molecule has 1 unspecified atom stereocenters. The average Bonchev–Trinajstić information content (AvgIpc) is 2.63. The highest BCUT2D eigenvalue weighted by Crippen LogP contribution is 2.27. The molecular formula is C11H17NO6S. The van der Waals surface area contributed by atoms with Crippen LogP contribution in [0.4, 0.5) is 0 Å². The molecule has 1 rings (SSSR count). The number of hydrogen-bond acceptors (Lipinski definition) is 6. The number of aryl methyl sites for hydroxylation is 2. The average molecular weight is 291 g/mol. The largest absolute Gasteiger partial charge is 0.465 e. The molecule has 108 valence electrons. The van der Waals surface area contributed by atoms with Crippen LogP contribution >= 0.6 is 0 Å². The van der Waals surface area contributed by atoms with E-state index in [9.17, 15) is 13.2 Å². The van der Waals surface area contributed by atoms with Crippen molar-refractivity contribution in [1.82, 2.24) is 4.72 Å². The summed E-state index contributed by atoms with van der Waals surface area (Å²) < 4.78 is 36.4. The van der Waals surface area contributed by atoms with Crippen molar-refractivity contribution in [3.63, 3.8) is 0 Å². The van der Waals surface area contributed by atoms with Crippen LogP contribution in [0.25, 0.3) is 0 Å². The number of aliphatic hydroxyl groups is 1. The van der Waals surface area contributed by atoms with Gasteiger partial charge in [-0.3, -0.25) is 0 Å². The Balaban J connectivity index is 3.38. The smallest absolute Gasteiger partial charge is 0.342 e. The molecular weight excluding hydrogens is 274 g/mol. The highest BCUT2D eigenvalue weighted by Gasteiger charge is 2.32. The molecule has 0 bridgehead atoms. The van der Waals surface area contributed by atoms with Gasteiger partial charge >= 0.3 is 5.97 Å². The summed E-state index contributed by atoms with van der Waals surface area (Å²) in [5.74, 6) is -0.525. The first-order valence-electron chi connectivity index (χ1n) is 5.56. The highest BCUT2D eigenvalue weighted by molar-refractivity contribution is 7.89. The number of esters is 1. The molecule has 0 aliphatic heterocycles. The number of hydrogen-bond donors (Lipinski definition) is 2. The first-order valence-corrected chi connectivity index (χ1v) is 7.04. The summed E-state index contributed by atoms with van der Waals surface area (Å²) in [5, 5.41) is 8.90. The van der Waals surface area contributed by atoms with E-state index in [-0.39, 0.29) is 28.6 Å². The van der Waals surface area contributed by atoms with Gasteiger partial charge in [0.15, 0.2) is 0 Å². The molecule has 0 saturated heterocycles. The van der Waals surface area contributed by atoms with E-state index in [1.807, 2.05) is 0 Å². The molecule has 1 aromatic heterocycles. The summed E-state index contributed by atoms with van der Waals surface area (Å²) in [4.78, 5) is 11.4. The molecule has 0 aliphatic rings. The predicted molar refractivity (Wildman–Crippen MR) is 66.4 cm³/mol. The standard InChI is InChI=1S/C11H17NO6S/c1-6(5-13)12-19(15,16)10-8(3)18-7(2)9(10)11(14)17-4/h6,12-13H,5H2,1-4H3. The van der Waals surface area contributed by atoms with Crippen molar-refractivity contribution < 1.29 is 27.5 Å². The zero-order valence-corrected chi connectivity index (χ0v) is 12.0. The number of aliphatic hydroxyl groups excluding tert-OH is 1. The van der Waals surface area contributed by atoms with E-state index in [0.29, 0.717) is 0 Å². The summed E-state index contributed by atoms with van der Waals surface area (Å²) in [6, 6.07) is -0.676. The summed E-state index contributed by atoms with van der Waals surface area (Å²) in [7, 11) is -2.81. The minimum atomic E-state index is -3.97. The van der Waals surface area contributed by atoms with Crippen LogP contribution < -0.4 is 4.72 Å². The Bertz CT molecular complexity index is 574. The van der Waals surface area contributed by atoms with E-state index in [4.69, 9.17) is 9.52 Å². The van der Waals surface area contributed by atoms with Crippen molar-refractivity contribution in [3.8, 4) is 0 Å². The number of sulfonamides is 1. The highest BCUT2D eigenvalue weighted by atomic mass is 32.2. The number of furan rings is 1. The quantitative estimate of drug-likeness (QED) is 0.758. The lowest BCUT2D eigenvalue weighted by molar-refractivity contribution is 0.0595. The maximum absolute atomic E-state index is 12.2. The topological polar surface area (TPSA) is 106 Å². The lowest BCUT2D eigenvalue weighted by atomic mass is 10.2. The number of ether oxygens (including phenoxy) is 1. The minimum Gasteiger partial charge on any atom is -0.465 e. The van der Waals surface area contributed by atoms with E-state index in [1.165, 1.54) is 20.8 Å². The zero-order valence-electron chi connectivity index (χ0n) is 11.2. The monoisotopic (exact) mass is 291 g/mol. The van der Waals surface area contributed by atoms with Crippen LogP contribution in [0.3, 0.4) is 0 Å². The van der Waals surface area contributed by atoms with Gasteiger partial charge in [-0.15, -0.1) is 0 Å². The van der Waals surface area contributed by atoms with Crippen LogP contribution in [-0.2, 0) is 14.8 Å². The molecule has 8 heteroatoms. The normalized spacial score (nSPS) is 13.3. The second-order valence-electron chi connectivity index (χ2n) is 4.12. The Hall–Kier alpha value is -1.38. The van der Waals surface area contributed by atoms with Crippen molar-refractivity contribution in [2.75, 3.05) is 13.7 Å². The van der Waals surface area contributed by atoms with Gasteiger partial charge in [0.05, 0.1) is 13.7 Å². The van der Waals surface area contributed by atoms with Gasteiger partial charge in [0.1, 0.15) is 22.0 Å². The lowest BCUT2D eigenvalue weighted by Crippen LogP contribution is -2.35. The van der Waals surface area contributed by atoms with Gasteiger partial charge in [0.25, 0.3) is 0 Å². The summed E-state index contributed by atoms with van der Waals surface area (Å²) in [6.07, 6.45) is 0. The summed E-state index contributed by atoms with van der Waals surface area (Å²) in [6.45, 7) is 4.06. The van der Waals surface area contributed by atoms with Crippen LogP contribution in [0.2, 0.25) is 0 Å². The second kappa shape index (κ2) is 5.72. The molecule has 0 aromatic carbocycles. The maximum atomic E-state index is 12.2. The second-order valence-corrected chi connectivity index (χ2v) is 5.77. The van der Waals surface area contributed by atoms with Crippen LogP contribution in [0.1, 0.15) is 28.8 Å². The fourth-order valence-corrected chi connectivity index (χ4v) is 3.32. The fourth-order valence-electron chi connectivity index (χ4n) is 1.69. The van der Waals surface area contributed by atoms with E-state index in [0.717, 1.165) is 7.11 Å². The summed E-state index contributed by atoms with van der Waals surface area (Å²) in [5.41, 5.74) is -0.127. The van der Waals surface area contributed by atoms with E-state index < -0.39 is 22.0 Å². The minimum absolute atomic E-state index is 0.0931.